The lowest BCUT2D eigenvalue weighted by atomic mass is 10.2. The van der Waals surface area contributed by atoms with Crippen LogP contribution in [0.4, 0.5) is 0 Å². The molecule has 1 heterocycles. The SMILES string of the molecule is CNCc1nnnn1CCOc1cccc(C)c1. The van der Waals surface area contributed by atoms with E-state index in [1.807, 2.05) is 38.2 Å². The maximum Gasteiger partial charge on any atom is 0.165 e. The van der Waals surface area contributed by atoms with Crippen LogP contribution in [0.2, 0.25) is 0 Å². The smallest absolute Gasteiger partial charge is 0.165 e. The maximum atomic E-state index is 5.66. The summed E-state index contributed by atoms with van der Waals surface area (Å²) < 4.78 is 7.40. The molecule has 0 saturated carbocycles. The summed E-state index contributed by atoms with van der Waals surface area (Å²) in [6.07, 6.45) is 0. The molecule has 2 aromatic rings. The van der Waals surface area contributed by atoms with E-state index < -0.39 is 0 Å². The van der Waals surface area contributed by atoms with Crippen LogP contribution < -0.4 is 10.1 Å². The Labute approximate surface area is 106 Å². The third kappa shape index (κ3) is 3.27. The van der Waals surface area contributed by atoms with Crippen LogP contribution in [0.3, 0.4) is 0 Å². The Morgan fingerprint density at radius 3 is 3.06 bits per heavy atom. The average Bonchev–Trinajstić information content (AvgIpc) is 2.78. The van der Waals surface area contributed by atoms with Crippen molar-refractivity contribution in [2.45, 2.75) is 20.0 Å². The molecule has 1 aromatic carbocycles. The number of ether oxygens (including phenoxy) is 1. The summed E-state index contributed by atoms with van der Waals surface area (Å²) in [7, 11) is 1.86. The molecule has 0 bridgehead atoms. The van der Waals surface area contributed by atoms with Gasteiger partial charge in [0.25, 0.3) is 0 Å². The molecular weight excluding hydrogens is 230 g/mol. The van der Waals surface area contributed by atoms with Crippen molar-refractivity contribution in [1.29, 1.82) is 0 Å². The van der Waals surface area contributed by atoms with Gasteiger partial charge in [0.15, 0.2) is 5.82 Å². The number of aryl methyl sites for hydroxylation is 1. The van der Waals surface area contributed by atoms with Crippen LogP contribution in [0.25, 0.3) is 0 Å². The molecule has 0 saturated heterocycles. The molecule has 0 aliphatic carbocycles. The first-order valence-electron chi connectivity index (χ1n) is 5.88. The van der Waals surface area contributed by atoms with Gasteiger partial charge >= 0.3 is 0 Å². The molecule has 6 nitrogen and oxygen atoms in total. The van der Waals surface area contributed by atoms with Crippen LogP contribution in [0.15, 0.2) is 24.3 Å². The summed E-state index contributed by atoms with van der Waals surface area (Å²) in [6.45, 7) is 3.87. The number of aromatic nitrogens is 4. The van der Waals surface area contributed by atoms with E-state index >= 15 is 0 Å². The Hall–Kier alpha value is -1.95. The molecule has 0 atom stereocenters. The number of nitrogens with one attached hydrogen (secondary N) is 1. The van der Waals surface area contributed by atoms with Gasteiger partial charge in [-0.25, -0.2) is 4.68 Å². The van der Waals surface area contributed by atoms with Crippen molar-refractivity contribution in [2.24, 2.45) is 0 Å². The van der Waals surface area contributed by atoms with Crippen molar-refractivity contribution in [3.8, 4) is 5.75 Å². The van der Waals surface area contributed by atoms with Gasteiger partial charge in [-0.15, -0.1) is 5.10 Å². The Morgan fingerprint density at radius 1 is 1.39 bits per heavy atom. The normalized spacial score (nSPS) is 10.6. The third-order valence-electron chi connectivity index (χ3n) is 2.50. The Bertz CT molecular complexity index is 497. The molecule has 0 spiro atoms. The van der Waals surface area contributed by atoms with Crippen LogP contribution in [0.1, 0.15) is 11.4 Å². The molecule has 0 aliphatic rings. The van der Waals surface area contributed by atoms with E-state index in [2.05, 4.69) is 20.8 Å². The monoisotopic (exact) mass is 247 g/mol. The van der Waals surface area contributed by atoms with Crippen LogP contribution in [-0.4, -0.2) is 33.9 Å². The fourth-order valence-corrected chi connectivity index (χ4v) is 1.64. The van der Waals surface area contributed by atoms with E-state index in [1.54, 1.807) is 4.68 Å². The molecule has 0 unspecified atom stereocenters. The third-order valence-corrected chi connectivity index (χ3v) is 2.50. The fraction of sp³-hybridized carbons (Fsp3) is 0.417. The molecule has 1 aromatic heterocycles. The van der Waals surface area contributed by atoms with E-state index in [1.165, 1.54) is 5.56 Å². The average molecular weight is 247 g/mol. The molecule has 18 heavy (non-hydrogen) atoms. The van der Waals surface area contributed by atoms with Crippen LogP contribution in [0.5, 0.6) is 5.75 Å². The topological polar surface area (TPSA) is 64.9 Å². The number of nitrogens with zero attached hydrogens (tertiary/aromatic N) is 4. The number of hydrogen-bond acceptors (Lipinski definition) is 5. The highest BCUT2D eigenvalue weighted by atomic mass is 16.5. The minimum absolute atomic E-state index is 0.547. The van der Waals surface area contributed by atoms with Gasteiger partial charge in [0, 0.05) is 0 Å². The van der Waals surface area contributed by atoms with Gasteiger partial charge in [0.2, 0.25) is 0 Å². The fourth-order valence-electron chi connectivity index (χ4n) is 1.64. The maximum absolute atomic E-state index is 5.66. The highest BCUT2D eigenvalue weighted by Crippen LogP contribution is 2.12. The first-order valence-corrected chi connectivity index (χ1v) is 5.88. The molecule has 1 N–H and O–H groups in total. The summed E-state index contributed by atoms with van der Waals surface area (Å²) in [5.41, 5.74) is 1.19. The quantitative estimate of drug-likeness (QED) is 0.817. The van der Waals surface area contributed by atoms with Crippen LogP contribution in [0, 0.1) is 6.92 Å². The summed E-state index contributed by atoms with van der Waals surface area (Å²) in [5, 5.41) is 14.5. The van der Waals surface area contributed by atoms with Crippen molar-refractivity contribution < 1.29 is 4.74 Å². The molecule has 0 amide bonds. The van der Waals surface area contributed by atoms with E-state index in [9.17, 15) is 0 Å². The second-order valence-electron chi connectivity index (χ2n) is 4.01. The van der Waals surface area contributed by atoms with Crippen LogP contribution in [-0.2, 0) is 13.1 Å². The molecule has 6 heteroatoms. The molecule has 0 aliphatic heterocycles. The lowest BCUT2D eigenvalue weighted by molar-refractivity contribution is 0.287. The van der Waals surface area contributed by atoms with Crippen molar-refractivity contribution in [1.82, 2.24) is 25.5 Å². The standard InChI is InChI=1S/C12H17N5O/c1-10-4-3-5-11(8-10)18-7-6-17-12(9-13-2)14-15-16-17/h3-5,8,13H,6-7,9H2,1-2H3. The zero-order valence-electron chi connectivity index (χ0n) is 10.6. The van der Waals surface area contributed by atoms with E-state index in [0.717, 1.165) is 11.6 Å². The number of rotatable bonds is 6. The summed E-state index contributed by atoms with van der Waals surface area (Å²) >= 11 is 0. The van der Waals surface area contributed by atoms with Crippen molar-refractivity contribution in [2.75, 3.05) is 13.7 Å². The minimum atomic E-state index is 0.547. The number of benzene rings is 1. The van der Waals surface area contributed by atoms with Crippen molar-refractivity contribution >= 4 is 0 Å². The molecule has 96 valence electrons. The lowest BCUT2D eigenvalue weighted by Gasteiger charge is -2.07. The first-order chi connectivity index (χ1) is 8.79. The minimum Gasteiger partial charge on any atom is -0.492 e. The predicted octanol–water partition coefficient (Wildman–Crippen LogP) is 0.780. The van der Waals surface area contributed by atoms with E-state index in [4.69, 9.17) is 4.74 Å². The highest BCUT2D eigenvalue weighted by Gasteiger charge is 2.04. The van der Waals surface area contributed by atoms with Crippen molar-refractivity contribution in [3.63, 3.8) is 0 Å². The molecule has 0 fully saturated rings. The van der Waals surface area contributed by atoms with Gasteiger partial charge in [0.05, 0.1) is 13.1 Å². The Kier molecular flexibility index (Phi) is 4.25. The zero-order valence-corrected chi connectivity index (χ0v) is 10.6. The molecule has 2 rings (SSSR count). The predicted molar refractivity (Wildman–Crippen MR) is 67.3 cm³/mol. The lowest BCUT2D eigenvalue weighted by Crippen LogP contribution is -2.16. The molecule has 0 radical (unpaired) electrons. The van der Waals surface area contributed by atoms with Gasteiger partial charge < -0.3 is 10.1 Å². The number of tetrazole rings is 1. The summed E-state index contributed by atoms with van der Waals surface area (Å²) in [5.74, 6) is 1.68. The summed E-state index contributed by atoms with van der Waals surface area (Å²) in [6, 6.07) is 7.97. The van der Waals surface area contributed by atoms with Gasteiger partial charge in [-0.05, 0) is 42.1 Å². The zero-order chi connectivity index (χ0) is 12.8. The van der Waals surface area contributed by atoms with Crippen LogP contribution >= 0.6 is 0 Å². The Morgan fingerprint density at radius 2 is 2.28 bits per heavy atom. The largest absolute Gasteiger partial charge is 0.492 e. The van der Waals surface area contributed by atoms with E-state index in [0.29, 0.717) is 19.7 Å². The van der Waals surface area contributed by atoms with E-state index in [-0.39, 0.29) is 0 Å². The van der Waals surface area contributed by atoms with Gasteiger partial charge in [-0.3, -0.25) is 0 Å². The Balaban J connectivity index is 1.86. The van der Waals surface area contributed by atoms with Crippen molar-refractivity contribution in [3.05, 3.63) is 35.7 Å². The van der Waals surface area contributed by atoms with Gasteiger partial charge in [0.1, 0.15) is 12.4 Å². The second-order valence-corrected chi connectivity index (χ2v) is 4.01. The second kappa shape index (κ2) is 6.11. The molecular formula is C12H17N5O. The number of hydrogen-bond donors (Lipinski definition) is 1. The first kappa shape index (κ1) is 12.5. The summed E-state index contributed by atoms with van der Waals surface area (Å²) in [4.78, 5) is 0. The van der Waals surface area contributed by atoms with Gasteiger partial charge in [-0.1, -0.05) is 12.1 Å². The highest BCUT2D eigenvalue weighted by molar-refractivity contribution is 5.27. The van der Waals surface area contributed by atoms with Gasteiger partial charge in [-0.2, -0.15) is 0 Å².